The highest BCUT2D eigenvalue weighted by Crippen LogP contribution is 2.15. The summed E-state index contributed by atoms with van der Waals surface area (Å²) < 4.78 is 5.08. The number of methoxy groups -OCH3 is 1. The van der Waals surface area contributed by atoms with Crippen molar-refractivity contribution < 1.29 is 4.74 Å². The van der Waals surface area contributed by atoms with Crippen LogP contribution in [0.15, 0.2) is 12.3 Å². The predicted molar refractivity (Wildman–Crippen MR) is 67.6 cm³/mol. The second-order valence-corrected chi connectivity index (χ2v) is 2.53. The maximum Gasteiger partial charge on any atom is 0.216 e. The van der Waals surface area contributed by atoms with Gasteiger partial charge in [0.15, 0.2) is 0 Å². The second kappa shape index (κ2) is 11.0. The Morgan fingerprint density at radius 3 is 2.13 bits per heavy atom. The molecule has 0 spiro atoms. The zero-order valence-corrected chi connectivity index (χ0v) is 11.2. The summed E-state index contributed by atoms with van der Waals surface area (Å²) in [6.45, 7) is 12.1. The fourth-order valence-electron chi connectivity index (χ4n) is 1.05. The van der Waals surface area contributed by atoms with E-state index in [-0.39, 0.29) is 0 Å². The molecule has 0 radical (unpaired) electrons. The lowest BCUT2D eigenvalue weighted by molar-refractivity contribution is 0.393. The molecule has 0 aliphatic rings. The molecule has 0 aromatic carbocycles. The van der Waals surface area contributed by atoms with Crippen LogP contribution in [0.3, 0.4) is 0 Å². The van der Waals surface area contributed by atoms with Gasteiger partial charge in [-0.25, -0.2) is 4.98 Å². The number of hydrogen-bond acceptors (Lipinski definition) is 2. The van der Waals surface area contributed by atoms with Gasteiger partial charge in [-0.1, -0.05) is 34.6 Å². The molecule has 0 aliphatic heterocycles. The van der Waals surface area contributed by atoms with E-state index in [1.165, 1.54) is 11.1 Å². The van der Waals surface area contributed by atoms with Gasteiger partial charge in [-0.2, -0.15) is 0 Å². The standard InChI is InChI=1S/C9H13NO.2C2H6/c1-4-8-5-7(2)6-10-9(8)11-3;2*1-2/h5-6H,4H2,1-3H3;2*1-2H3. The molecule has 1 aromatic rings. The van der Waals surface area contributed by atoms with Crippen molar-refractivity contribution in [2.45, 2.75) is 48.0 Å². The van der Waals surface area contributed by atoms with E-state index >= 15 is 0 Å². The summed E-state index contributed by atoms with van der Waals surface area (Å²) in [5.41, 5.74) is 2.36. The van der Waals surface area contributed by atoms with Crippen molar-refractivity contribution in [3.63, 3.8) is 0 Å². The molecular formula is C13H25NO. The van der Waals surface area contributed by atoms with Crippen molar-refractivity contribution in [3.05, 3.63) is 23.4 Å². The molecule has 0 saturated heterocycles. The molecule has 0 aliphatic carbocycles. The van der Waals surface area contributed by atoms with E-state index in [4.69, 9.17) is 4.74 Å². The average molecular weight is 211 g/mol. The van der Waals surface area contributed by atoms with E-state index in [0.29, 0.717) is 0 Å². The van der Waals surface area contributed by atoms with Crippen molar-refractivity contribution >= 4 is 0 Å². The van der Waals surface area contributed by atoms with Crippen molar-refractivity contribution in [3.8, 4) is 5.88 Å². The van der Waals surface area contributed by atoms with Gasteiger partial charge in [0.25, 0.3) is 0 Å². The highest BCUT2D eigenvalue weighted by atomic mass is 16.5. The number of pyridine rings is 1. The average Bonchev–Trinajstić information content (AvgIpc) is 2.34. The van der Waals surface area contributed by atoms with Gasteiger partial charge in [-0.05, 0) is 25.0 Å². The lowest BCUT2D eigenvalue weighted by Crippen LogP contribution is -1.94. The molecule has 88 valence electrons. The number of ether oxygens (including phenoxy) is 1. The van der Waals surface area contributed by atoms with Crippen LogP contribution in [-0.4, -0.2) is 12.1 Å². The van der Waals surface area contributed by atoms with Crippen molar-refractivity contribution in [1.82, 2.24) is 4.98 Å². The zero-order chi connectivity index (χ0) is 12.3. The first-order valence-corrected chi connectivity index (χ1v) is 5.77. The molecule has 2 nitrogen and oxygen atoms in total. The zero-order valence-electron chi connectivity index (χ0n) is 11.2. The van der Waals surface area contributed by atoms with Gasteiger partial charge in [-0.15, -0.1) is 0 Å². The van der Waals surface area contributed by atoms with E-state index < -0.39 is 0 Å². The van der Waals surface area contributed by atoms with Gasteiger partial charge in [0.05, 0.1) is 7.11 Å². The van der Waals surface area contributed by atoms with Crippen LogP contribution in [0.2, 0.25) is 0 Å². The topological polar surface area (TPSA) is 22.1 Å². The Morgan fingerprint density at radius 2 is 1.73 bits per heavy atom. The van der Waals surface area contributed by atoms with Gasteiger partial charge in [0.2, 0.25) is 5.88 Å². The third kappa shape index (κ3) is 6.10. The molecule has 0 bridgehead atoms. The van der Waals surface area contributed by atoms with E-state index in [2.05, 4.69) is 18.0 Å². The van der Waals surface area contributed by atoms with E-state index in [0.717, 1.165) is 12.3 Å². The summed E-state index contributed by atoms with van der Waals surface area (Å²) in [7, 11) is 1.65. The molecule has 1 rings (SSSR count). The number of nitrogens with zero attached hydrogens (tertiary/aromatic N) is 1. The molecular weight excluding hydrogens is 186 g/mol. The Bertz CT molecular complexity index is 246. The molecule has 0 fully saturated rings. The van der Waals surface area contributed by atoms with Crippen LogP contribution in [0.4, 0.5) is 0 Å². The normalized spacial score (nSPS) is 7.93. The maximum absolute atomic E-state index is 5.08. The SMILES string of the molecule is CC.CC.CCc1cc(C)cnc1OC. The van der Waals surface area contributed by atoms with E-state index in [1.54, 1.807) is 7.11 Å². The van der Waals surface area contributed by atoms with Crippen LogP contribution in [-0.2, 0) is 6.42 Å². The van der Waals surface area contributed by atoms with Gasteiger partial charge in [0, 0.05) is 11.8 Å². The smallest absolute Gasteiger partial charge is 0.216 e. The summed E-state index contributed by atoms with van der Waals surface area (Å²) in [6.07, 6.45) is 2.79. The van der Waals surface area contributed by atoms with Gasteiger partial charge < -0.3 is 4.74 Å². The Balaban J connectivity index is 0. The van der Waals surface area contributed by atoms with E-state index in [9.17, 15) is 0 Å². The molecule has 1 aromatic heterocycles. The molecule has 0 atom stereocenters. The molecule has 1 heterocycles. The monoisotopic (exact) mass is 211 g/mol. The largest absolute Gasteiger partial charge is 0.481 e. The lowest BCUT2D eigenvalue weighted by Gasteiger charge is -2.04. The first-order valence-electron chi connectivity index (χ1n) is 5.77. The summed E-state index contributed by atoms with van der Waals surface area (Å²) >= 11 is 0. The highest BCUT2D eigenvalue weighted by Gasteiger charge is 2.00. The molecule has 0 saturated carbocycles. The minimum atomic E-state index is 0.748. The Hall–Kier alpha value is -1.05. The van der Waals surface area contributed by atoms with Gasteiger partial charge in [0.1, 0.15) is 0 Å². The quantitative estimate of drug-likeness (QED) is 0.737. The minimum absolute atomic E-state index is 0.748. The fourth-order valence-corrected chi connectivity index (χ4v) is 1.05. The van der Waals surface area contributed by atoms with Crippen molar-refractivity contribution in [2.24, 2.45) is 0 Å². The molecule has 0 N–H and O–H groups in total. The third-order valence-corrected chi connectivity index (χ3v) is 1.64. The second-order valence-electron chi connectivity index (χ2n) is 2.53. The van der Waals surface area contributed by atoms with Gasteiger partial charge in [-0.3, -0.25) is 0 Å². The summed E-state index contributed by atoms with van der Waals surface area (Å²) in [5, 5.41) is 0. The van der Waals surface area contributed by atoms with Crippen LogP contribution in [0.1, 0.15) is 45.7 Å². The van der Waals surface area contributed by atoms with E-state index in [1.807, 2.05) is 40.8 Å². The maximum atomic E-state index is 5.08. The van der Waals surface area contributed by atoms with Crippen LogP contribution < -0.4 is 4.74 Å². The minimum Gasteiger partial charge on any atom is -0.481 e. The third-order valence-electron chi connectivity index (χ3n) is 1.64. The molecule has 15 heavy (non-hydrogen) atoms. The van der Waals surface area contributed by atoms with Gasteiger partial charge >= 0.3 is 0 Å². The molecule has 2 heteroatoms. The molecule has 0 amide bonds. The summed E-state index contributed by atoms with van der Waals surface area (Å²) in [4.78, 5) is 4.15. The first-order chi connectivity index (χ1) is 7.27. The van der Waals surface area contributed by atoms with Crippen molar-refractivity contribution in [2.75, 3.05) is 7.11 Å². The van der Waals surface area contributed by atoms with Crippen LogP contribution >= 0.6 is 0 Å². The lowest BCUT2D eigenvalue weighted by atomic mass is 10.2. The summed E-state index contributed by atoms with van der Waals surface area (Å²) in [5.74, 6) is 0.748. The Labute approximate surface area is 94.7 Å². The fraction of sp³-hybridized carbons (Fsp3) is 0.615. The summed E-state index contributed by atoms with van der Waals surface area (Å²) in [6, 6.07) is 2.10. The van der Waals surface area contributed by atoms with Crippen molar-refractivity contribution in [1.29, 1.82) is 0 Å². The number of aryl methyl sites for hydroxylation is 2. The highest BCUT2D eigenvalue weighted by molar-refractivity contribution is 5.29. The number of rotatable bonds is 2. The Kier molecular flexibility index (Phi) is 12.0. The molecule has 0 unspecified atom stereocenters. The first kappa shape index (κ1) is 16.4. The Morgan fingerprint density at radius 1 is 1.20 bits per heavy atom. The predicted octanol–water partition coefficient (Wildman–Crippen LogP) is 4.01. The van der Waals surface area contributed by atoms with Crippen LogP contribution in [0.25, 0.3) is 0 Å². The van der Waals surface area contributed by atoms with Crippen LogP contribution in [0, 0.1) is 6.92 Å². The van der Waals surface area contributed by atoms with Crippen LogP contribution in [0.5, 0.6) is 5.88 Å². The number of aromatic nitrogens is 1. The number of hydrogen-bond donors (Lipinski definition) is 0.